The van der Waals surface area contributed by atoms with Crippen LogP contribution in [0.4, 0.5) is 5.69 Å². The van der Waals surface area contributed by atoms with Gasteiger partial charge in [-0.3, -0.25) is 14.5 Å². The Kier molecular flexibility index (Phi) is 4.90. The van der Waals surface area contributed by atoms with Crippen molar-refractivity contribution < 1.29 is 9.59 Å². The van der Waals surface area contributed by atoms with Crippen molar-refractivity contribution in [1.82, 2.24) is 5.32 Å². The molecule has 2 heterocycles. The Bertz CT molecular complexity index is 734. The molecule has 4 nitrogen and oxygen atoms in total. The van der Waals surface area contributed by atoms with Crippen molar-refractivity contribution in [3.63, 3.8) is 0 Å². The Labute approximate surface area is 148 Å². The Hall–Kier alpha value is -1.56. The van der Waals surface area contributed by atoms with E-state index in [9.17, 15) is 9.59 Å². The first-order valence-electron chi connectivity index (χ1n) is 7.12. The van der Waals surface area contributed by atoms with Gasteiger partial charge >= 0.3 is 0 Å². The topological polar surface area (TPSA) is 49.4 Å². The monoisotopic (exact) mass is 368 g/mol. The van der Waals surface area contributed by atoms with Crippen LogP contribution < -0.4 is 10.2 Å². The molecule has 120 valence electrons. The van der Waals surface area contributed by atoms with Crippen LogP contribution in [0.3, 0.4) is 0 Å². The molecule has 1 aromatic carbocycles. The summed E-state index contributed by atoms with van der Waals surface area (Å²) >= 11 is 13.5. The number of nitrogens with zero attached hydrogens (tertiary/aromatic N) is 1. The van der Waals surface area contributed by atoms with Crippen molar-refractivity contribution in [2.45, 2.75) is 25.4 Å². The fraction of sp³-hybridized carbons (Fsp3) is 0.250. The smallest absolute Gasteiger partial charge is 0.243 e. The first kappa shape index (κ1) is 16.3. The third-order valence-electron chi connectivity index (χ3n) is 3.77. The lowest BCUT2D eigenvalue weighted by Crippen LogP contribution is -2.44. The maximum absolute atomic E-state index is 12.5. The van der Waals surface area contributed by atoms with Crippen LogP contribution in [0, 0.1) is 0 Å². The van der Waals surface area contributed by atoms with Gasteiger partial charge in [0.05, 0.1) is 5.69 Å². The molecule has 3 rings (SSSR count). The van der Waals surface area contributed by atoms with E-state index in [0.717, 1.165) is 11.3 Å². The van der Waals surface area contributed by atoms with Gasteiger partial charge in [-0.25, -0.2) is 0 Å². The predicted octanol–water partition coefficient (Wildman–Crippen LogP) is 3.87. The first-order chi connectivity index (χ1) is 11.1. The van der Waals surface area contributed by atoms with Crippen molar-refractivity contribution in [3.8, 4) is 0 Å². The highest BCUT2D eigenvalue weighted by atomic mass is 35.5. The number of carbonyl (C=O) groups is 2. The van der Waals surface area contributed by atoms with E-state index < -0.39 is 6.04 Å². The van der Waals surface area contributed by atoms with Crippen LogP contribution in [0.1, 0.15) is 18.4 Å². The Morgan fingerprint density at radius 1 is 1.35 bits per heavy atom. The van der Waals surface area contributed by atoms with E-state index in [1.165, 1.54) is 11.3 Å². The summed E-state index contributed by atoms with van der Waals surface area (Å²) in [7, 11) is 0. The van der Waals surface area contributed by atoms with E-state index >= 15 is 0 Å². The van der Waals surface area contributed by atoms with Crippen LogP contribution >= 0.6 is 34.5 Å². The normalized spacial score (nSPS) is 17.6. The average Bonchev–Trinajstić information content (AvgIpc) is 3.15. The van der Waals surface area contributed by atoms with Crippen LogP contribution in [0.5, 0.6) is 0 Å². The van der Waals surface area contributed by atoms with Gasteiger partial charge in [0.25, 0.3) is 0 Å². The van der Waals surface area contributed by atoms with Crippen molar-refractivity contribution in [2.75, 3.05) is 4.90 Å². The molecule has 0 aliphatic carbocycles. The van der Waals surface area contributed by atoms with Gasteiger partial charge < -0.3 is 5.32 Å². The zero-order valence-electron chi connectivity index (χ0n) is 12.1. The third kappa shape index (κ3) is 3.52. The molecule has 1 atom stereocenters. The van der Waals surface area contributed by atoms with E-state index in [-0.39, 0.29) is 11.8 Å². The quantitative estimate of drug-likeness (QED) is 0.890. The molecule has 1 aliphatic rings. The standard InChI is InChI=1S/C16H14Cl2N2O2S/c17-11-2-1-10(13(18)7-11)8-19-16(22)14-3-4-15(21)20(14)12-5-6-23-9-12/h1-2,5-7,9,14H,3-4,8H2,(H,19,22). The van der Waals surface area contributed by atoms with E-state index in [1.54, 1.807) is 23.1 Å². The molecule has 1 fully saturated rings. The maximum atomic E-state index is 12.5. The summed E-state index contributed by atoms with van der Waals surface area (Å²) in [5, 5.41) is 7.68. The molecule has 0 saturated carbocycles. The number of rotatable bonds is 4. The van der Waals surface area contributed by atoms with Crippen LogP contribution in [-0.2, 0) is 16.1 Å². The van der Waals surface area contributed by atoms with Crippen LogP contribution in [-0.4, -0.2) is 17.9 Å². The third-order valence-corrected chi connectivity index (χ3v) is 5.02. The molecular weight excluding hydrogens is 355 g/mol. The molecule has 0 radical (unpaired) electrons. The Morgan fingerprint density at radius 3 is 2.87 bits per heavy atom. The predicted molar refractivity (Wildman–Crippen MR) is 93.1 cm³/mol. The summed E-state index contributed by atoms with van der Waals surface area (Å²) in [6, 6.07) is 6.53. The number of hydrogen-bond acceptors (Lipinski definition) is 3. The van der Waals surface area contributed by atoms with E-state index in [0.29, 0.717) is 29.4 Å². The van der Waals surface area contributed by atoms with Gasteiger partial charge in [-0.15, -0.1) is 0 Å². The summed E-state index contributed by atoms with van der Waals surface area (Å²) in [6.07, 6.45) is 0.907. The molecule has 1 saturated heterocycles. The summed E-state index contributed by atoms with van der Waals surface area (Å²) in [4.78, 5) is 26.1. The van der Waals surface area contributed by atoms with Gasteiger partial charge in [-0.1, -0.05) is 29.3 Å². The summed E-state index contributed by atoms with van der Waals surface area (Å²) in [5.41, 5.74) is 1.57. The number of halogens is 2. The van der Waals surface area contributed by atoms with Crippen LogP contribution in [0.25, 0.3) is 0 Å². The van der Waals surface area contributed by atoms with Gasteiger partial charge in [0, 0.05) is 28.4 Å². The van der Waals surface area contributed by atoms with E-state index in [4.69, 9.17) is 23.2 Å². The highest BCUT2D eigenvalue weighted by molar-refractivity contribution is 7.08. The average molecular weight is 369 g/mol. The van der Waals surface area contributed by atoms with Gasteiger partial charge in [-0.05, 0) is 35.6 Å². The molecule has 1 N–H and O–H groups in total. The van der Waals surface area contributed by atoms with Gasteiger partial charge in [0.2, 0.25) is 11.8 Å². The molecule has 1 unspecified atom stereocenters. The number of thiophene rings is 1. The second kappa shape index (κ2) is 6.91. The lowest BCUT2D eigenvalue weighted by molar-refractivity contribution is -0.124. The molecule has 1 aromatic heterocycles. The zero-order chi connectivity index (χ0) is 16.4. The fourth-order valence-electron chi connectivity index (χ4n) is 2.62. The Balaban J connectivity index is 1.69. The number of amides is 2. The molecule has 2 aromatic rings. The lowest BCUT2D eigenvalue weighted by Gasteiger charge is -2.23. The number of hydrogen-bond donors (Lipinski definition) is 1. The van der Waals surface area contributed by atoms with Crippen molar-refractivity contribution in [3.05, 3.63) is 50.6 Å². The highest BCUT2D eigenvalue weighted by Crippen LogP contribution is 2.28. The molecule has 0 bridgehead atoms. The van der Waals surface area contributed by atoms with Crippen molar-refractivity contribution in [1.29, 1.82) is 0 Å². The van der Waals surface area contributed by atoms with Gasteiger partial charge in [0.1, 0.15) is 6.04 Å². The van der Waals surface area contributed by atoms with Crippen molar-refractivity contribution in [2.24, 2.45) is 0 Å². The summed E-state index contributed by atoms with van der Waals surface area (Å²) in [6.45, 7) is 0.303. The molecule has 0 spiro atoms. The number of carbonyl (C=O) groups excluding carboxylic acids is 2. The SMILES string of the molecule is O=C(NCc1ccc(Cl)cc1Cl)C1CCC(=O)N1c1ccsc1. The molecular formula is C16H14Cl2N2O2S. The van der Waals surface area contributed by atoms with Crippen molar-refractivity contribution >= 4 is 52.0 Å². The second-order valence-electron chi connectivity index (χ2n) is 5.25. The van der Waals surface area contributed by atoms with E-state index in [1.807, 2.05) is 16.8 Å². The minimum atomic E-state index is -0.469. The van der Waals surface area contributed by atoms with E-state index in [2.05, 4.69) is 5.32 Å². The maximum Gasteiger partial charge on any atom is 0.243 e. The molecule has 7 heteroatoms. The summed E-state index contributed by atoms with van der Waals surface area (Å²) < 4.78 is 0. The minimum absolute atomic E-state index is 0.0203. The second-order valence-corrected chi connectivity index (χ2v) is 6.88. The fourth-order valence-corrected chi connectivity index (χ4v) is 3.72. The minimum Gasteiger partial charge on any atom is -0.350 e. The number of nitrogens with one attached hydrogen (secondary N) is 1. The lowest BCUT2D eigenvalue weighted by atomic mass is 10.2. The highest BCUT2D eigenvalue weighted by Gasteiger charge is 2.37. The van der Waals surface area contributed by atoms with Gasteiger partial charge in [0.15, 0.2) is 0 Å². The zero-order valence-corrected chi connectivity index (χ0v) is 14.4. The Morgan fingerprint density at radius 2 is 2.17 bits per heavy atom. The molecule has 23 heavy (non-hydrogen) atoms. The molecule has 1 aliphatic heterocycles. The number of benzene rings is 1. The molecule has 2 amide bonds. The largest absolute Gasteiger partial charge is 0.350 e. The van der Waals surface area contributed by atoms with Gasteiger partial charge in [-0.2, -0.15) is 11.3 Å². The summed E-state index contributed by atoms with van der Waals surface area (Å²) in [5.74, 6) is -0.193. The first-order valence-corrected chi connectivity index (χ1v) is 8.82. The van der Waals surface area contributed by atoms with Crippen LogP contribution in [0.2, 0.25) is 10.0 Å². The number of anilines is 1. The van der Waals surface area contributed by atoms with Crippen LogP contribution in [0.15, 0.2) is 35.0 Å².